The topological polar surface area (TPSA) is 28.1 Å². The lowest BCUT2D eigenvalue weighted by Gasteiger charge is -2.37. The molecule has 5 heteroatoms. The number of rotatable bonds is 4. The average molecular weight is 462 g/mol. The second kappa shape index (κ2) is 8.25. The molecule has 2 aliphatic rings. The molecular weight excluding hydrogens is 438 g/mol. The van der Waals surface area contributed by atoms with Gasteiger partial charge in [-0.05, 0) is 40.5 Å². The highest BCUT2D eigenvalue weighted by Crippen LogP contribution is 2.46. The number of fused-ring (bicyclic) bond motifs is 3. The van der Waals surface area contributed by atoms with E-state index in [9.17, 15) is 0 Å². The van der Waals surface area contributed by atoms with Crippen molar-refractivity contribution in [3.63, 3.8) is 0 Å². The molecule has 1 aliphatic carbocycles. The van der Waals surface area contributed by atoms with Crippen LogP contribution in [0, 0.1) is 0 Å². The molecule has 0 aromatic heterocycles. The zero-order valence-electron chi connectivity index (χ0n) is 17.0. The highest BCUT2D eigenvalue weighted by molar-refractivity contribution is 9.10. The number of hydrogen-bond donors (Lipinski definition) is 0. The minimum Gasteiger partial charge on any atom is -0.496 e. The fourth-order valence-electron chi connectivity index (χ4n) is 4.56. The molecule has 30 heavy (non-hydrogen) atoms. The summed E-state index contributed by atoms with van der Waals surface area (Å²) in [6, 6.07) is 24.0. The molecule has 1 saturated heterocycles. The van der Waals surface area contributed by atoms with Crippen LogP contribution >= 0.6 is 15.9 Å². The van der Waals surface area contributed by atoms with E-state index in [1.54, 1.807) is 7.11 Å². The predicted molar refractivity (Wildman–Crippen MR) is 125 cm³/mol. The number of nitrogens with zero attached hydrogens (tertiary/aromatic N) is 3. The van der Waals surface area contributed by atoms with Crippen LogP contribution in [0.15, 0.2) is 76.3 Å². The van der Waals surface area contributed by atoms with Gasteiger partial charge in [-0.1, -0.05) is 64.5 Å². The summed E-state index contributed by atoms with van der Waals surface area (Å²) >= 11 is 3.53. The third-order valence-electron chi connectivity index (χ3n) is 6.01. The lowest BCUT2D eigenvalue weighted by molar-refractivity contribution is 0.114. The van der Waals surface area contributed by atoms with Crippen LogP contribution in [0.4, 0.5) is 0 Å². The lowest BCUT2D eigenvalue weighted by atomic mass is 10.0. The van der Waals surface area contributed by atoms with E-state index >= 15 is 0 Å². The van der Waals surface area contributed by atoms with Crippen LogP contribution in [0.3, 0.4) is 0 Å². The van der Waals surface area contributed by atoms with E-state index < -0.39 is 0 Å². The first-order chi connectivity index (χ1) is 14.7. The fraction of sp³-hybridized carbons (Fsp3) is 0.240. The van der Waals surface area contributed by atoms with Crippen molar-refractivity contribution in [2.45, 2.75) is 6.04 Å². The van der Waals surface area contributed by atoms with Gasteiger partial charge in [-0.15, -0.1) is 0 Å². The van der Waals surface area contributed by atoms with Crippen molar-refractivity contribution in [3.8, 4) is 16.9 Å². The quantitative estimate of drug-likeness (QED) is 0.501. The van der Waals surface area contributed by atoms with Crippen LogP contribution in [-0.2, 0) is 0 Å². The maximum Gasteiger partial charge on any atom is 0.127 e. The molecule has 3 aromatic rings. The normalized spacial score (nSPS) is 16.7. The average Bonchev–Trinajstić information content (AvgIpc) is 3.13. The fourth-order valence-corrected chi connectivity index (χ4v) is 4.94. The zero-order chi connectivity index (χ0) is 20.5. The van der Waals surface area contributed by atoms with Gasteiger partial charge >= 0.3 is 0 Å². The summed E-state index contributed by atoms with van der Waals surface area (Å²) in [4.78, 5) is 2.59. The highest BCUT2D eigenvalue weighted by Gasteiger charge is 2.33. The van der Waals surface area contributed by atoms with Crippen LogP contribution in [0.5, 0.6) is 5.75 Å². The number of benzene rings is 3. The Morgan fingerprint density at radius 3 is 2.17 bits per heavy atom. The molecule has 4 nitrogen and oxygen atoms in total. The van der Waals surface area contributed by atoms with Crippen molar-refractivity contribution < 1.29 is 4.74 Å². The Labute approximate surface area is 185 Å². The van der Waals surface area contributed by atoms with E-state index in [0.29, 0.717) is 6.04 Å². The van der Waals surface area contributed by atoms with Crippen LogP contribution < -0.4 is 4.74 Å². The van der Waals surface area contributed by atoms with E-state index in [0.717, 1.165) is 42.0 Å². The van der Waals surface area contributed by atoms with Crippen LogP contribution in [-0.4, -0.2) is 49.4 Å². The van der Waals surface area contributed by atoms with E-state index in [-0.39, 0.29) is 0 Å². The van der Waals surface area contributed by atoms with Crippen molar-refractivity contribution in [2.75, 3.05) is 33.3 Å². The van der Waals surface area contributed by atoms with E-state index in [2.05, 4.69) is 74.4 Å². The summed E-state index contributed by atoms with van der Waals surface area (Å²) in [6.07, 6.45) is 1.90. The summed E-state index contributed by atoms with van der Waals surface area (Å²) < 4.78 is 6.47. The van der Waals surface area contributed by atoms with Crippen LogP contribution in [0.2, 0.25) is 0 Å². The summed E-state index contributed by atoms with van der Waals surface area (Å²) in [5, 5.41) is 6.89. The van der Waals surface area contributed by atoms with Gasteiger partial charge in [0.2, 0.25) is 0 Å². The van der Waals surface area contributed by atoms with Gasteiger partial charge in [0.05, 0.1) is 19.4 Å². The Morgan fingerprint density at radius 2 is 1.53 bits per heavy atom. The van der Waals surface area contributed by atoms with Gasteiger partial charge in [0, 0.05) is 36.2 Å². The molecule has 0 bridgehead atoms. The molecule has 1 heterocycles. The first kappa shape index (κ1) is 19.3. The number of hydrogen-bond acceptors (Lipinski definition) is 4. The van der Waals surface area contributed by atoms with Crippen molar-refractivity contribution in [1.29, 1.82) is 0 Å². The third-order valence-corrected chi connectivity index (χ3v) is 6.50. The van der Waals surface area contributed by atoms with Gasteiger partial charge in [0.25, 0.3) is 0 Å². The summed E-state index contributed by atoms with van der Waals surface area (Å²) in [5.41, 5.74) is 6.58. The smallest absolute Gasteiger partial charge is 0.127 e. The molecule has 0 radical (unpaired) electrons. The van der Waals surface area contributed by atoms with Crippen molar-refractivity contribution in [2.24, 2.45) is 5.10 Å². The summed E-state index contributed by atoms with van der Waals surface area (Å²) in [7, 11) is 1.69. The zero-order valence-corrected chi connectivity index (χ0v) is 18.5. The maximum atomic E-state index is 5.45. The molecule has 3 aromatic carbocycles. The molecule has 152 valence electrons. The van der Waals surface area contributed by atoms with Gasteiger partial charge in [0.1, 0.15) is 5.75 Å². The van der Waals surface area contributed by atoms with Crippen LogP contribution in [0.25, 0.3) is 11.1 Å². The highest BCUT2D eigenvalue weighted by atomic mass is 79.9. The Kier molecular flexibility index (Phi) is 5.32. The molecule has 0 spiro atoms. The largest absolute Gasteiger partial charge is 0.496 e. The Hall–Kier alpha value is -2.63. The molecule has 5 rings (SSSR count). The summed E-state index contributed by atoms with van der Waals surface area (Å²) in [6.45, 7) is 3.79. The van der Waals surface area contributed by atoms with Gasteiger partial charge in [-0.2, -0.15) is 5.10 Å². The number of hydrazone groups is 1. The molecular formula is C25H24BrN3O. The van der Waals surface area contributed by atoms with Crippen molar-refractivity contribution >= 4 is 22.1 Å². The molecule has 0 atom stereocenters. The molecule has 0 saturated carbocycles. The summed E-state index contributed by atoms with van der Waals surface area (Å²) in [5.74, 6) is 0.833. The van der Waals surface area contributed by atoms with Gasteiger partial charge < -0.3 is 4.74 Å². The standard InChI is InChI=1S/C25H24BrN3O/c1-30-24-11-10-19(26)16-18(24)17-27-29-14-12-28(13-15-29)25-22-8-4-2-6-20(22)21-7-3-5-9-23(21)25/h2-11,16-17,25H,12-15H2,1H3/b27-17-. The van der Waals surface area contributed by atoms with Gasteiger partial charge in [-0.25, -0.2) is 0 Å². The predicted octanol–water partition coefficient (Wildman–Crippen LogP) is 5.18. The Balaban J connectivity index is 1.32. The van der Waals surface area contributed by atoms with E-state index in [4.69, 9.17) is 9.84 Å². The lowest BCUT2D eigenvalue weighted by Crippen LogP contribution is -2.45. The molecule has 0 amide bonds. The Bertz CT molecular complexity index is 1040. The molecule has 0 N–H and O–H groups in total. The number of methoxy groups -OCH3 is 1. The monoisotopic (exact) mass is 461 g/mol. The SMILES string of the molecule is COc1ccc(Br)cc1/C=N\N1CCN(C2c3ccccc3-c3ccccc32)CC1. The second-order valence-corrected chi connectivity index (χ2v) is 8.61. The molecule has 1 fully saturated rings. The maximum absolute atomic E-state index is 5.45. The van der Waals surface area contributed by atoms with Crippen molar-refractivity contribution in [3.05, 3.63) is 87.9 Å². The third kappa shape index (κ3) is 3.53. The van der Waals surface area contributed by atoms with Gasteiger partial charge in [0.15, 0.2) is 0 Å². The number of halogens is 1. The minimum absolute atomic E-state index is 0.341. The first-order valence-electron chi connectivity index (χ1n) is 10.3. The molecule has 0 unspecified atom stereocenters. The van der Waals surface area contributed by atoms with Crippen molar-refractivity contribution in [1.82, 2.24) is 9.91 Å². The second-order valence-electron chi connectivity index (χ2n) is 7.70. The van der Waals surface area contributed by atoms with E-state index in [1.807, 2.05) is 24.4 Å². The Morgan fingerprint density at radius 1 is 0.900 bits per heavy atom. The first-order valence-corrected chi connectivity index (χ1v) is 11.1. The van der Waals surface area contributed by atoms with Gasteiger partial charge in [-0.3, -0.25) is 9.91 Å². The number of piperazine rings is 1. The van der Waals surface area contributed by atoms with E-state index in [1.165, 1.54) is 22.3 Å². The molecule has 1 aliphatic heterocycles. The van der Waals surface area contributed by atoms with Crippen LogP contribution in [0.1, 0.15) is 22.7 Å². The number of ether oxygens (including phenoxy) is 1. The minimum atomic E-state index is 0.341.